The van der Waals surface area contributed by atoms with E-state index in [-0.39, 0.29) is 0 Å². The van der Waals surface area contributed by atoms with Gasteiger partial charge in [0, 0.05) is 18.1 Å². The molecule has 14 heavy (non-hydrogen) atoms. The highest BCUT2D eigenvalue weighted by atomic mass is 14.7. The summed E-state index contributed by atoms with van der Waals surface area (Å²) in [6.45, 7) is 4.71. The topological polar surface area (TPSA) is 38.9 Å². The number of aryl methyl sites for hydroxylation is 2. The van der Waals surface area contributed by atoms with Crippen molar-refractivity contribution in [1.29, 1.82) is 0 Å². The van der Waals surface area contributed by atoms with E-state index in [1.807, 2.05) is 6.20 Å². The third-order valence-corrected chi connectivity index (χ3v) is 2.63. The first-order valence-corrected chi connectivity index (χ1v) is 4.78. The maximum Gasteiger partial charge on any atom is 0.0620 e. The molecule has 2 heteroatoms. The Kier molecular flexibility index (Phi) is 2.22. The average Bonchev–Trinajstić information content (AvgIpc) is 2.23. The minimum atomic E-state index is 0.502. The average molecular weight is 186 g/mol. The minimum Gasteiger partial charge on any atom is -0.325 e. The molecule has 1 aromatic carbocycles. The Balaban J connectivity index is 2.92. The molecular formula is C12H14N2. The fraction of sp³-hybridized carbons (Fsp3) is 0.250. The molecule has 0 aliphatic rings. The summed E-state index contributed by atoms with van der Waals surface area (Å²) < 4.78 is 0. The number of nitrogens with zero attached hydrogens (tertiary/aromatic N) is 1. The SMILES string of the molecule is Cc1ccc(C)c2c(CN)nccc12. The minimum absolute atomic E-state index is 0.502. The van der Waals surface area contributed by atoms with Crippen molar-refractivity contribution < 1.29 is 0 Å². The van der Waals surface area contributed by atoms with E-state index >= 15 is 0 Å². The lowest BCUT2D eigenvalue weighted by atomic mass is 10.0. The normalized spacial score (nSPS) is 10.8. The van der Waals surface area contributed by atoms with Crippen LogP contribution >= 0.6 is 0 Å². The van der Waals surface area contributed by atoms with Crippen molar-refractivity contribution in [3.8, 4) is 0 Å². The fourth-order valence-electron chi connectivity index (χ4n) is 1.85. The van der Waals surface area contributed by atoms with Gasteiger partial charge in [0.2, 0.25) is 0 Å². The Morgan fingerprint density at radius 2 is 1.86 bits per heavy atom. The molecule has 2 rings (SSSR count). The molecule has 0 bridgehead atoms. The van der Waals surface area contributed by atoms with Gasteiger partial charge in [0.05, 0.1) is 5.69 Å². The Bertz CT molecular complexity index is 475. The van der Waals surface area contributed by atoms with Gasteiger partial charge in [0.15, 0.2) is 0 Å². The van der Waals surface area contributed by atoms with Crippen LogP contribution in [0, 0.1) is 13.8 Å². The Hall–Kier alpha value is -1.41. The molecule has 0 radical (unpaired) electrons. The number of benzene rings is 1. The summed E-state index contributed by atoms with van der Waals surface area (Å²) in [5, 5.41) is 2.48. The van der Waals surface area contributed by atoms with Gasteiger partial charge in [-0.05, 0) is 36.4 Å². The summed E-state index contributed by atoms with van der Waals surface area (Å²) in [7, 11) is 0. The van der Waals surface area contributed by atoms with E-state index in [2.05, 4.69) is 37.0 Å². The fourth-order valence-corrected chi connectivity index (χ4v) is 1.85. The number of pyridine rings is 1. The summed E-state index contributed by atoms with van der Waals surface area (Å²) >= 11 is 0. The molecule has 2 N–H and O–H groups in total. The number of fused-ring (bicyclic) bond motifs is 1. The Labute approximate surface area is 83.8 Å². The number of rotatable bonds is 1. The summed E-state index contributed by atoms with van der Waals surface area (Å²) in [5.74, 6) is 0. The predicted molar refractivity (Wildman–Crippen MR) is 59.1 cm³/mol. The molecule has 0 saturated carbocycles. The number of aromatic nitrogens is 1. The first-order valence-electron chi connectivity index (χ1n) is 4.78. The van der Waals surface area contributed by atoms with Crippen LogP contribution in [0.1, 0.15) is 16.8 Å². The van der Waals surface area contributed by atoms with Crippen LogP contribution in [-0.2, 0) is 6.54 Å². The first-order chi connectivity index (χ1) is 6.74. The van der Waals surface area contributed by atoms with Crippen LogP contribution in [0.2, 0.25) is 0 Å². The largest absolute Gasteiger partial charge is 0.325 e. The molecule has 0 amide bonds. The van der Waals surface area contributed by atoms with Crippen molar-refractivity contribution in [1.82, 2.24) is 4.98 Å². The summed E-state index contributed by atoms with van der Waals surface area (Å²) in [6, 6.07) is 6.31. The molecule has 0 spiro atoms. The zero-order chi connectivity index (χ0) is 10.1. The van der Waals surface area contributed by atoms with E-state index in [9.17, 15) is 0 Å². The van der Waals surface area contributed by atoms with Gasteiger partial charge in [-0.25, -0.2) is 0 Å². The molecule has 2 nitrogen and oxygen atoms in total. The van der Waals surface area contributed by atoms with Gasteiger partial charge >= 0.3 is 0 Å². The van der Waals surface area contributed by atoms with E-state index < -0.39 is 0 Å². The van der Waals surface area contributed by atoms with Crippen LogP contribution in [-0.4, -0.2) is 4.98 Å². The molecule has 0 aliphatic heterocycles. The zero-order valence-electron chi connectivity index (χ0n) is 8.54. The van der Waals surface area contributed by atoms with Gasteiger partial charge in [-0.1, -0.05) is 12.1 Å². The molecule has 0 fully saturated rings. The molecule has 0 saturated heterocycles. The smallest absolute Gasteiger partial charge is 0.0620 e. The zero-order valence-corrected chi connectivity index (χ0v) is 8.54. The highest BCUT2D eigenvalue weighted by Gasteiger charge is 2.05. The van der Waals surface area contributed by atoms with Crippen LogP contribution < -0.4 is 5.73 Å². The van der Waals surface area contributed by atoms with Crippen LogP contribution in [0.4, 0.5) is 0 Å². The number of hydrogen-bond donors (Lipinski definition) is 1. The van der Waals surface area contributed by atoms with Crippen molar-refractivity contribution in [3.05, 3.63) is 41.2 Å². The van der Waals surface area contributed by atoms with Crippen molar-refractivity contribution in [2.24, 2.45) is 5.73 Å². The molecular weight excluding hydrogens is 172 g/mol. The highest BCUT2D eigenvalue weighted by molar-refractivity contribution is 5.90. The molecule has 1 heterocycles. The molecule has 72 valence electrons. The molecule has 0 atom stereocenters. The maximum absolute atomic E-state index is 5.67. The second-order valence-corrected chi connectivity index (χ2v) is 3.58. The number of hydrogen-bond acceptors (Lipinski definition) is 2. The summed E-state index contributed by atoms with van der Waals surface area (Å²) in [6.07, 6.45) is 1.83. The van der Waals surface area contributed by atoms with Gasteiger partial charge in [0.25, 0.3) is 0 Å². The third kappa shape index (κ3) is 1.28. The van der Waals surface area contributed by atoms with Crippen molar-refractivity contribution in [2.45, 2.75) is 20.4 Å². The molecule has 0 unspecified atom stereocenters. The van der Waals surface area contributed by atoms with Gasteiger partial charge in [0.1, 0.15) is 0 Å². The summed E-state index contributed by atoms with van der Waals surface area (Å²) in [5.41, 5.74) is 9.19. The van der Waals surface area contributed by atoms with Crippen molar-refractivity contribution in [3.63, 3.8) is 0 Å². The maximum atomic E-state index is 5.67. The Morgan fingerprint density at radius 3 is 2.57 bits per heavy atom. The lowest BCUT2D eigenvalue weighted by Crippen LogP contribution is -2.01. The summed E-state index contributed by atoms with van der Waals surface area (Å²) in [4.78, 5) is 4.30. The van der Waals surface area contributed by atoms with Crippen molar-refractivity contribution in [2.75, 3.05) is 0 Å². The third-order valence-electron chi connectivity index (χ3n) is 2.63. The molecule has 0 aliphatic carbocycles. The lowest BCUT2D eigenvalue weighted by molar-refractivity contribution is 1.01. The first kappa shape index (κ1) is 9.16. The lowest BCUT2D eigenvalue weighted by Gasteiger charge is -2.08. The monoisotopic (exact) mass is 186 g/mol. The number of nitrogens with two attached hydrogens (primary N) is 1. The van der Waals surface area contributed by atoms with E-state index in [4.69, 9.17) is 5.73 Å². The van der Waals surface area contributed by atoms with E-state index in [1.54, 1.807) is 0 Å². The van der Waals surface area contributed by atoms with Gasteiger partial charge < -0.3 is 5.73 Å². The van der Waals surface area contributed by atoms with Gasteiger partial charge in [-0.2, -0.15) is 0 Å². The molecule has 2 aromatic rings. The van der Waals surface area contributed by atoms with Crippen LogP contribution in [0.15, 0.2) is 24.4 Å². The highest BCUT2D eigenvalue weighted by Crippen LogP contribution is 2.23. The van der Waals surface area contributed by atoms with E-state index in [0.29, 0.717) is 6.54 Å². The van der Waals surface area contributed by atoms with Gasteiger partial charge in [-0.15, -0.1) is 0 Å². The van der Waals surface area contributed by atoms with Crippen molar-refractivity contribution >= 4 is 10.8 Å². The molecule has 1 aromatic heterocycles. The van der Waals surface area contributed by atoms with E-state index in [0.717, 1.165) is 5.69 Å². The van der Waals surface area contributed by atoms with Crippen LogP contribution in [0.25, 0.3) is 10.8 Å². The van der Waals surface area contributed by atoms with Gasteiger partial charge in [-0.3, -0.25) is 4.98 Å². The second-order valence-electron chi connectivity index (χ2n) is 3.58. The Morgan fingerprint density at radius 1 is 1.14 bits per heavy atom. The van der Waals surface area contributed by atoms with Crippen LogP contribution in [0.5, 0.6) is 0 Å². The quantitative estimate of drug-likeness (QED) is 0.742. The van der Waals surface area contributed by atoms with Crippen LogP contribution in [0.3, 0.4) is 0 Å². The van der Waals surface area contributed by atoms with E-state index in [1.165, 1.54) is 21.9 Å². The predicted octanol–water partition coefficient (Wildman–Crippen LogP) is 2.31. The second kappa shape index (κ2) is 3.39. The standard InChI is InChI=1S/C12H14N2/c1-8-3-4-9(2)12-10(8)5-6-14-11(12)7-13/h3-6H,7,13H2,1-2H3.